The van der Waals surface area contributed by atoms with Gasteiger partial charge in [0.2, 0.25) is 0 Å². The van der Waals surface area contributed by atoms with E-state index in [9.17, 15) is 22.8 Å². The molecule has 1 N–H and O–H groups in total. The molecule has 0 aliphatic rings. The van der Waals surface area contributed by atoms with E-state index >= 15 is 0 Å². The maximum Gasteiger partial charge on any atom is 0.573 e. The van der Waals surface area contributed by atoms with Crippen molar-refractivity contribution >= 4 is 23.2 Å². The van der Waals surface area contributed by atoms with Crippen LogP contribution >= 0.6 is 11.6 Å². The maximum atomic E-state index is 12.1. The van der Waals surface area contributed by atoms with Crippen LogP contribution in [0.4, 0.5) is 18.9 Å². The number of pyridine rings is 1. The Morgan fingerprint density at radius 1 is 1.25 bits per heavy atom. The van der Waals surface area contributed by atoms with Crippen molar-refractivity contribution in [3.8, 4) is 5.75 Å². The van der Waals surface area contributed by atoms with Gasteiger partial charge in [-0.3, -0.25) is 14.2 Å². The fourth-order valence-corrected chi connectivity index (χ4v) is 2.06. The number of hydrogen-bond donors (Lipinski definition) is 1. The van der Waals surface area contributed by atoms with Gasteiger partial charge in [-0.05, 0) is 43.3 Å². The standard InChI is InChI=1S/C15H12ClF3N2O3/c1-9(16)21-8-2-3-12(14(21)23)13(22)20-10-4-6-11(7-5-10)24-15(17,18)19/h2-9H,1H3,(H,20,22). The molecule has 1 amide bonds. The van der Waals surface area contributed by atoms with E-state index in [2.05, 4.69) is 10.1 Å². The van der Waals surface area contributed by atoms with Gasteiger partial charge in [0.1, 0.15) is 16.8 Å². The van der Waals surface area contributed by atoms with Gasteiger partial charge in [0.15, 0.2) is 0 Å². The average molecular weight is 361 g/mol. The number of amides is 1. The van der Waals surface area contributed by atoms with Gasteiger partial charge in [-0.1, -0.05) is 11.6 Å². The Morgan fingerprint density at radius 2 is 1.88 bits per heavy atom. The summed E-state index contributed by atoms with van der Waals surface area (Å²) in [5.41, 5.74) is -1.14. The van der Waals surface area contributed by atoms with E-state index in [4.69, 9.17) is 11.6 Å². The van der Waals surface area contributed by atoms with Crippen LogP contribution in [0.15, 0.2) is 47.4 Å². The van der Waals surface area contributed by atoms with Crippen LogP contribution in [-0.4, -0.2) is 16.8 Å². The number of carbonyl (C=O) groups excluding carboxylic acids is 1. The summed E-state index contributed by atoms with van der Waals surface area (Å²) >= 11 is 5.84. The molecule has 1 unspecified atom stereocenters. The Balaban J connectivity index is 2.16. The number of halogens is 4. The first-order valence-corrected chi connectivity index (χ1v) is 7.13. The van der Waals surface area contributed by atoms with Crippen molar-refractivity contribution in [2.45, 2.75) is 18.8 Å². The molecule has 0 radical (unpaired) electrons. The third-order valence-electron chi connectivity index (χ3n) is 2.95. The molecule has 24 heavy (non-hydrogen) atoms. The molecule has 0 spiro atoms. The average Bonchev–Trinajstić information content (AvgIpc) is 2.47. The lowest BCUT2D eigenvalue weighted by Gasteiger charge is -2.11. The lowest BCUT2D eigenvalue weighted by molar-refractivity contribution is -0.274. The zero-order chi connectivity index (χ0) is 17.9. The van der Waals surface area contributed by atoms with Crippen LogP contribution in [0.1, 0.15) is 22.8 Å². The molecule has 0 aliphatic carbocycles. The van der Waals surface area contributed by atoms with Gasteiger partial charge in [0.05, 0.1) is 0 Å². The number of ether oxygens (including phenoxy) is 1. The third kappa shape index (κ3) is 4.51. The van der Waals surface area contributed by atoms with Crippen molar-refractivity contribution in [1.82, 2.24) is 4.57 Å². The number of aromatic nitrogens is 1. The van der Waals surface area contributed by atoms with Crippen LogP contribution in [-0.2, 0) is 0 Å². The molecule has 0 saturated heterocycles. The second kappa shape index (κ2) is 6.96. The molecule has 0 bridgehead atoms. The van der Waals surface area contributed by atoms with Gasteiger partial charge in [0.25, 0.3) is 11.5 Å². The fourth-order valence-electron chi connectivity index (χ4n) is 1.90. The summed E-state index contributed by atoms with van der Waals surface area (Å²) in [6.45, 7) is 1.57. The molecule has 1 aromatic heterocycles. The highest BCUT2D eigenvalue weighted by atomic mass is 35.5. The number of rotatable bonds is 4. The number of benzene rings is 1. The van der Waals surface area contributed by atoms with Gasteiger partial charge in [-0.15, -0.1) is 13.2 Å². The van der Waals surface area contributed by atoms with E-state index in [-0.39, 0.29) is 11.3 Å². The molecule has 1 aromatic carbocycles. The van der Waals surface area contributed by atoms with Crippen LogP contribution < -0.4 is 15.6 Å². The Kier molecular flexibility index (Phi) is 5.18. The Bertz CT molecular complexity index is 786. The molecule has 2 aromatic rings. The van der Waals surface area contributed by atoms with E-state index in [1.807, 2.05) is 0 Å². The SMILES string of the molecule is CC(Cl)n1cccc(C(=O)Nc2ccc(OC(F)(F)F)cc2)c1=O. The summed E-state index contributed by atoms with van der Waals surface area (Å²) in [6.07, 6.45) is -3.35. The molecule has 9 heteroatoms. The number of alkyl halides is 4. The first-order chi connectivity index (χ1) is 11.2. The van der Waals surface area contributed by atoms with E-state index in [1.165, 1.54) is 35.0 Å². The maximum absolute atomic E-state index is 12.1. The lowest BCUT2D eigenvalue weighted by Crippen LogP contribution is -2.29. The summed E-state index contributed by atoms with van der Waals surface area (Å²) < 4.78 is 41.1. The van der Waals surface area contributed by atoms with Crippen LogP contribution in [0.2, 0.25) is 0 Å². The van der Waals surface area contributed by atoms with Crippen molar-refractivity contribution in [2.24, 2.45) is 0 Å². The second-order valence-corrected chi connectivity index (χ2v) is 5.37. The minimum atomic E-state index is -4.79. The molecule has 1 atom stereocenters. The number of hydrogen-bond acceptors (Lipinski definition) is 3. The number of nitrogens with zero attached hydrogens (tertiary/aromatic N) is 1. The highest BCUT2D eigenvalue weighted by Crippen LogP contribution is 2.24. The molecule has 0 saturated carbocycles. The molecule has 2 rings (SSSR count). The summed E-state index contributed by atoms with van der Waals surface area (Å²) in [6, 6.07) is 7.37. The summed E-state index contributed by atoms with van der Waals surface area (Å²) in [5, 5.41) is 2.42. The lowest BCUT2D eigenvalue weighted by atomic mass is 10.2. The van der Waals surface area contributed by atoms with Gasteiger partial charge in [0, 0.05) is 11.9 Å². The van der Waals surface area contributed by atoms with Crippen LogP contribution in [0, 0.1) is 0 Å². The molecular weight excluding hydrogens is 349 g/mol. The van der Waals surface area contributed by atoms with Gasteiger partial charge < -0.3 is 10.1 Å². The first kappa shape index (κ1) is 17.9. The Morgan fingerprint density at radius 3 is 2.42 bits per heavy atom. The summed E-state index contributed by atoms with van der Waals surface area (Å²) in [5.74, 6) is -1.12. The smallest absolute Gasteiger partial charge is 0.406 e. The number of anilines is 1. The minimum absolute atomic E-state index is 0.138. The quantitative estimate of drug-likeness (QED) is 0.845. The summed E-state index contributed by atoms with van der Waals surface area (Å²) in [7, 11) is 0. The zero-order valence-corrected chi connectivity index (χ0v) is 13.1. The van der Waals surface area contributed by atoms with Crippen LogP contribution in [0.5, 0.6) is 5.75 Å². The van der Waals surface area contributed by atoms with Crippen molar-refractivity contribution in [3.63, 3.8) is 0 Å². The van der Waals surface area contributed by atoms with Crippen molar-refractivity contribution in [2.75, 3.05) is 5.32 Å². The largest absolute Gasteiger partial charge is 0.573 e. The van der Waals surface area contributed by atoms with Crippen molar-refractivity contribution in [1.29, 1.82) is 0 Å². The monoisotopic (exact) mass is 360 g/mol. The topological polar surface area (TPSA) is 60.3 Å². The molecular formula is C15H12ClF3N2O3. The summed E-state index contributed by atoms with van der Waals surface area (Å²) in [4.78, 5) is 24.3. The fraction of sp³-hybridized carbons (Fsp3) is 0.200. The molecule has 0 fully saturated rings. The highest BCUT2D eigenvalue weighted by Gasteiger charge is 2.31. The van der Waals surface area contributed by atoms with E-state index in [0.717, 1.165) is 12.1 Å². The van der Waals surface area contributed by atoms with Gasteiger partial charge in [-0.25, -0.2) is 0 Å². The van der Waals surface area contributed by atoms with Crippen LogP contribution in [0.3, 0.4) is 0 Å². The predicted molar refractivity (Wildman–Crippen MR) is 82.3 cm³/mol. The van der Waals surface area contributed by atoms with Crippen molar-refractivity contribution in [3.05, 3.63) is 58.5 Å². The highest BCUT2D eigenvalue weighted by molar-refractivity contribution is 6.18. The van der Waals surface area contributed by atoms with E-state index in [0.29, 0.717) is 0 Å². The van der Waals surface area contributed by atoms with Crippen molar-refractivity contribution < 1.29 is 22.7 Å². The van der Waals surface area contributed by atoms with Gasteiger partial charge >= 0.3 is 6.36 Å². The Hall–Kier alpha value is -2.48. The molecule has 0 aliphatic heterocycles. The zero-order valence-electron chi connectivity index (χ0n) is 12.3. The minimum Gasteiger partial charge on any atom is -0.406 e. The van der Waals surface area contributed by atoms with E-state index < -0.39 is 29.1 Å². The first-order valence-electron chi connectivity index (χ1n) is 6.70. The molecule has 5 nitrogen and oxygen atoms in total. The Labute approximate surface area is 139 Å². The van der Waals surface area contributed by atoms with E-state index in [1.54, 1.807) is 6.92 Å². The number of carbonyl (C=O) groups is 1. The van der Waals surface area contributed by atoms with Crippen LogP contribution in [0.25, 0.3) is 0 Å². The second-order valence-electron chi connectivity index (χ2n) is 4.73. The molecule has 1 heterocycles. The third-order valence-corrected chi connectivity index (χ3v) is 3.16. The number of nitrogens with one attached hydrogen (secondary N) is 1. The normalized spacial score (nSPS) is 12.5. The van der Waals surface area contributed by atoms with Gasteiger partial charge in [-0.2, -0.15) is 0 Å². The predicted octanol–water partition coefficient (Wildman–Crippen LogP) is 3.76. The molecule has 128 valence electrons.